The lowest BCUT2D eigenvalue weighted by Crippen LogP contribution is -2.57. The number of hydrogen-bond donors (Lipinski definition) is 3. The molecule has 6 atom stereocenters. The number of piperidine rings is 1. The van der Waals surface area contributed by atoms with Crippen LogP contribution in [-0.4, -0.2) is 154 Å². The van der Waals surface area contributed by atoms with Crippen molar-refractivity contribution in [3.63, 3.8) is 0 Å². The Kier molecular flexibility index (Phi) is 12.3. The largest absolute Gasteiger partial charge is 0.491 e. The van der Waals surface area contributed by atoms with Crippen LogP contribution in [0.1, 0.15) is 74.3 Å². The van der Waals surface area contributed by atoms with Crippen molar-refractivity contribution < 1.29 is 46.6 Å². The van der Waals surface area contributed by atoms with Crippen LogP contribution in [0.2, 0.25) is 0 Å². The number of rotatable bonds is 12. The van der Waals surface area contributed by atoms with Gasteiger partial charge in [0.15, 0.2) is 11.4 Å². The maximum atomic E-state index is 14.9. The van der Waals surface area contributed by atoms with E-state index >= 15 is 0 Å². The molecule has 1 amide bonds. The van der Waals surface area contributed by atoms with Gasteiger partial charge in [0.25, 0.3) is 21.6 Å². The highest BCUT2D eigenvalue weighted by Gasteiger charge is 2.50. The standard InChI is InChI=1S/C54H63N9O11S/c1-32(2)73-47-6-4-3-5-40(47)46-30-70-18-16-61(46)37-24-54(25-37)11-14-59(15-12-54)35-7-8-41(43(21-35)62-42-10-17-69-31-49(42)74-53-45(62)19-33-9-13-55-51(33)57-53)52(64)58-75(67,68)39-22-44(63(65)66)50-48(23-39)72-28-34(56-50)26-60-27-38-20-36(60)29-71-38/h3-9,13,19,21-23,32,34,36-38,42,46,49,56H,10-12,14-18,20,24-31H2,1-2H3,(H,55,57)(H,58,64)/t34-,36+,38+,42-,46-,49-/m0/s1. The van der Waals surface area contributed by atoms with Crippen molar-refractivity contribution in [3.05, 3.63) is 94.2 Å². The molecule has 0 unspecified atom stereocenters. The minimum absolute atomic E-state index is 0.0210. The van der Waals surface area contributed by atoms with Gasteiger partial charge in [0.2, 0.25) is 5.88 Å². The fourth-order valence-corrected chi connectivity index (χ4v) is 14.2. The van der Waals surface area contributed by atoms with Gasteiger partial charge in [0.05, 0.1) is 77.8 Å². The topological polar surface area (TPSA) is 215 Å². The van der Waals surface area contributed by atoms with Gasteiger partial charge in [-0.05, 0) is 94.2 Å². The van der Waals surface area contributed by atoms with Gasteiger partial charge in [-0.2, -0.15) is 4.98 Å². The summed E-state index contributed by atoms with van der Waals surface area (Å²) >= 11 is 0. The molecule has 1 spiro atoms. The third-order valence-electron chi connectivity index (χ3n) is 16.9. The third-order valence-corrected chi connectivity index (χ3v) is 18.3. The predicted octanol–water partition coefficient (Wildman–Crippen LogP) is 6.53. The number of amides is 1. The molecular weight excluding hydrogens is 983 g/mol. The Morgan fingerprint density at radius 1 is 0.973 bits per heavy atom. The SMILES string of the molecule is CC(C)Oc1ccccc1[C@@H]1COCCN1C1CC2(CCN(c3ccc(C(=O)NS(=O)(=O)c4cc5c(c([N+](=O)[O-])c4)N[C@@H](CN4C[C@H]6C[C@@H]4CO6)CO5)c(N4c5cc6cc[nH]c6nc5O[C@H]5COCC[C@@H]54)c3)CC2)C1. The number of ether oxygens (including phenoxy) is 6. The number of nitrogens with zero attached hydrogens (tertiary/aromatic N) is 6. The lowest BCUT2D eigenvalue weighted by Gasteiger charge is -2.57. The minimum Gasteiger partial charge on any atom is -0.491 e. The number of sulfonamides is 1. The number of para-hydroxylation sites is 1. The van der Waals surface area contributed by atoms with E-state index in [0.29, 0.717) is 74.9 Å². The molecule has 13 rings (SSSR count). The van der Waals surface area contributed by atoms with E-state index in [1.807, 2.05) is 30.3 Å². The number of carbonyl (C=O) groups is 1. The van der Waals surface area contributed by atoms with Crippen LogP contribution in [0.4, 0.5) is 28.4 Å². The Morgan fingerprint density at radius 3 is 2.61 bits per heavy atom. The van der Waals surface area contributed by atoms with Crippen molar-refractivity contribution in [2.24, 2.45) is 5.41 Å². The Bertz CT molecular complexity index is 3140. The lowest BCUT2D eigenvalue weighted by molar-refractivity contribution is -0.384. The van der Waals surface area contributed by atoms with Crippen molar-refractivity contribution in [1.29, 1.82) is 0 Å². The molecule has 5 saturated heterocycles. The van der Waals surface area contributed by atoms with E-state index in [2.05, 4.69) is 66.7 Å². The van der Waals surface area contributed by atoms with Crippen LogP contribution < -0.4 is 34.0 Å². The number of benzene rings is 3. The van der Waals surface area contributed by atoms with Crippen molar-refractivity contribution in [2.75, 3.05) is 87.5 Å². The second-order valence-electron chi connectivity index (χ2n) is 21.9. The molecule has 396 valence electrons. The van der Waals surface area contributed by atoms with Gasteiger partial charge in [-0.1, -0.05) is 18.2 Å². The number of carbonyl (C=O) groups excluding carboxylic acids is 1. The Morgan fingerprint density at radius 2 is 1.81 bits per heavy atom. The number of nitrogens with one attached hydrogen (secondary N) is 3. The van der Waals surface area contributed by atoms with E-state index in [4.69, 9.17) is 33.4 Å². The van der Waals surface area contributed by atoms with Gasteiger partial charge < -0.3 is 48.5 Å². The average molecular weight is 1050 g/mol. The summed E-state index contributed by atoms with van der Waals surface area (Å²) in [6.45, 7) is 10.9. The van der Waals surface area contributed by atoms with Gasteiger partial charge >= 0.3 is 0 Å². The molecule has 1 aliphatic carbocycles. The van der Waals surface area contributed by atoms with Gasteiger partial charge in [-0.15, -0.1) is 0 Å². The number of pyridine rings is 1. The van der Waals surface area contributed by atoms with Crippen molar-refractivity contribution >= 4 is 55.4 Å². The number of nitro benzene ring substituents is 1. The highest BCUT2D eigenvalue weighted by molar-refractivity contribution is 7.90. The average Bonchev–Trinajstić information content (AvgIpc) is 4.17. The van der Waals surface area contributed by atoms with Crippen LogP contribution in [-0.2, 0) is 24.2 Å². The predicted molar refractivity (Wildman–Crippen MR) is 278 cm³/mol. The zero-order valence-corrected chi connectivity index (χ0v) is 43.0. The van der Waals surface area contributed by atoms with Gasteiger partial charge in [0, 0.05) is 86.4 Å². The smallest absolute Gasteiger partial charge is 0.297 e. The summed E-state index contributed by atoms with van der Waals surface area (Å²) in [7, 11) is -4.71. The molecule has 20 nitrogen and oxygen atoms in total. The monoisotopic (exact) mass is 1050 g/mol. The first-order valence-electron chi connectivity index (χ1n) is 26.5. The fraction of sp³-hybridized carbons (Fsp3) is 0.519. The normalized spacial score (nSPS) is 26.4. The number of morpholine rings is 2. The number of aromatic nitrogens is 2. The summed E-state index contributed by atoms with van der Waals surface area (Å²) < 4.78 is 67.7. The van der Waals surface area contributed by atoms with E-state index in [1.165, 1.54) is 11.6 Å². The summed E-state index contributed by atoms with van der Waals surface area (Å²) in [6, 6.07) is 20.3. The summed E-state index contributed by atoms with van der Waals surface area (Å²) in [5.74, 6) is 0.398. The second-order valence-corrected chi connectivity index (χ2v) is 23.6. The number of nitro groups is 1. The van der Waals surface area contributed by atoms with E-state index < -0.39 is 37.5 Å². The Hall–Kier alpha value is -6.23. The molecule has 9 heterocycles. The molecule has 1 saturated carbocycles. The molecule has 5 aromatic rings. The molecule has 7 aliphatic heterocycles. The molecule has 3 N–H and O–H groups in total. The van der Waals surface area contributed by atoms with E-state index in [-0.39, 0.29) is 65.4 Å². The first kappa shape index (κ1) is 48.4. The molecule has 2 bridgehead atoms. The molecule has 75 heavy (non-hydrogen) atoms. The van der Waals surface area contributed by atoms with Gasteiger partial charge in [-0.3, -0.25) is 24.7 Å². The summed E-state index contributed by atoms with van der Waals surface area (Å²) in [5.41, 5.74) is 3.76. The Labute approximate surface area is 435 Å². The Balaban J connectivity index is 0.780. The number of fused-ring (bicyclic) bond motifs is 6. The molecule has 2 aromatic heterocycles. The van der Waals surface area contributed by atoms with Crippen LogP contribution in [0.3, 0.4) is 0 Å². The minimum atomic E-state index is -4.71. The highest BCUT2D eigenvalue weighted by Crippen LogP contribution is 2.54. The molecule has 0 radical (unpaired) electrons. The van der Waals surface area contributed by atoms with Crippen LogP contribution in [0, 0.1) is 15.5 Å². The maximum Gasteiger partial charge on any atom is 0.297 e. The van der Waals surface area contributed by atoms with Crippen LogP contribution >= 0.6 is 0 Å². The highest BCUT2D eigenvalue weighted by atomic mass is 32.2. The molecular formula is C54H63N9O11S. The quantitative estimate of drug-likeness (QED) is 0.0894. The molecule has 21 heteroatoms. The number of likely N-dealkylation sites (tertiary alicyclic amines) is 1. The number of anilines is 4. The van der Waals surface area contributed by atoms with E-state index in [9.17, 15) is 23.3 Å². The van der Waals surface area contributed by atoms with Crippen LogP contribution in [0.25, 0.3) is 11.0 Å². The summed E-state index contributed by atoms with van der Waals surface area (Å²) in [5, 5.41) is 16.7. The number of aromatic amines is 1. The fourth-order valence-electron chi connectivity index (χ4n) is 13.2. The summed E-state index contributed by atoms with van der Waals surface area (Å²) in [6.07, 6.45) is 7.34. The van der Waals surface area contributed by atoms with Crippen LogP contribution in [0.15, 0.2) is 77.8 Å². The number of H-pyrrole nitrogens is 1. The van der Waals surface area contributed by atoms with Gasteiger partial charge in [-0.25, -0.2) is 13.1 Å². The van der Waals surface area contributed by atoms with Crippen molar-refractivity contribution in [2.45, 2.75) is 106 Å². The zero-order valence-electron chi connectivity index (χ0n) is 42.2. The molecule has 3 aromatic carbocycles. The summed E-state index contributed by atoms with van der Waals surface area (Å²) in [4.78, 5) is 43.8. The second kappa shape index (κ2) is 19.1. The van der Waals surface area contributed by atoms with E-state index in [1.54, 1.807) is 12.3 Å². The van der Waals surface area contributed by atoms with Crippen LogP contribution in [0.5, 0.6) is 17.4 Å². The molecule has 6 fully saturated rings. The zero-order chi connectivity index (χ0) is 51.2. The first-order chi connectivity index (χ1) is 36.3. The van der Waals surface area contributed by atoms with Crippen molar-refractivity contribution in [3.8, 4) is 17.4 Å². The number of hydrogen-bond acceptors (Lipinski definition) is 17. The lowest BCUT2D eigenvalue weighted by atomic mass is 9.59. The van der Waals surface area contributed by atoms with Crippen molar-refractivity contribution in [1.82, 2.24) is 24.5 Å². The molecule has 8 aliphatic rings. The third kappa shape index (κ3) is 8.97. The first-order valence-corrected chi connectivity index (χ1v) is 28.0. The van der Waals surface area contributed by atoms with Gasteiger partial charge in [0.1, 0.15) is 29.8 Å². The van der Waals surface area contributed by atoms with E-state index in [0.717, 1.165) is 81.2 Å². The maximum absolute atomic E-state index is 14.9.